The number of hydrogen-bond donors (Lipinski definition) is 0. The molecule has 0 saturated carbocycles. The van der Waals surface area contributed by atoms with E-state index in [0.717, 1.165) is 11.0 Å². The van der Waals surface area contributed by atoms with Crippen molar-refractivity contribution in [2.75, 3.05) is 0 Å². The highest BCUT2D eigenvalue weighted by molar-refractivity contribution is 6.62. The Bertz CT molecular complexity index is 516. The Labute approximate surface area is 123 Å². The number of hydrogen-bond acceptors (Lipinski definition) is 2. The number of benzene rings is 1. The summed E-state index contributed by atoms with van der Waals surface area (Å²) >= 11 is 0. The van der Waals surface area contributed by atoms with E-state index in [-0.39, 0.29) is 18.3 Å². The maximum absolute atomic E-state index is 6.03. The molecule has 0 aliphatic carbocycles. The van der Waals surface area contributed by atoms with Crippen LogP contribution in [0, 0.1) is 17.8 Å². The molecule has 106 valence electrons. The van der Waals surface area contributed by atoms with Crippen LogP contribution in [0.5, 0.6) is 0 Å². The van der Waals surface area contributed by atoms with Gasteiger partial charge >= 0.3 is 7.12 Å². The van der Waals surface area contributed by atoms with Gasteiger partial charge in [-0.3, -0.25) is 0 Å². The normalized spacial score (nSPS) is 19.9. The minimum Gasteiger partial charge on any atom is -0.399 e. The summed E-state index contributed by atoms with van der Waals surface area (Å²) in [4.78, 5) is 0. The summed E-state index contributed by atoms with van der Waals surface area (Å²) in [7, 11) is -0.299. The fourth-order valence-corrected chi connectivity index (χ4v) is 1.93. The summed E-state index contributed by atoms with van der Waals surface area (Å²) in [6, 6.07) is 8.12. The molecule has 1 aromatic rings. The largest absolute Gasteiger partial charge is 0.494 e. The molecule has 0 unspecified atom stereocenters. The summed E-state index contributed by atoms with van der Waals surface area (Å²) in [5.41, 5.74) is 1.47. The first kappa shape index (κ1) is 15.2. The van der Waals surface area contributed by atoms with Crippen molar-refractivity contribution in [2.45, 2.75) is 52.7 Å². The molecule has 20 heavy (non-hydrogen) atoms. The van der Waals surface area contributed by atoms with Gasteiger partial charge in [0.1, 0.15) is 0 Å². The van der Waals surface area contributed by atoms with Gasteiger partial charge in [0, 0.05) is 11.5 Å². The first-order valence-corrected chi connectivity index (χ1v) is 7.18. The van der Waals surface area contributed by atoms with E-state index in [1.807, 2.05) is 24.3 Å². The van der Waals surface area contributed by atoms with Crippen LogP contribution in [0.3, 0.4) is 0 Å². The molecule has 3 heteroatoms. The lowest BCUT2D eigenvalue weighted by molar-refractivity contribution is 0.00578. The molecule has 2 rings (SSSR count). The van der Waals surface area contributed by atoms with Gasteiger partial charge in [0.2, 0.25) is 0 Å². The maximum Gasteiger partial charge on any atom is 0.494 e. The molecular formula is C17H23BO2. The van der Waals surface area contributed by atoms with Crippen molar-refractivity contribution < 1.29 is 9.31 Å². The smallest absolute Gasteiger partial charge is 0.399 e. The highest BCUT2D eigenvalue weighted by Gasteiger charge is 2.51. The minimum atomic E-state index is -0.299. The Hall–Kier alpha value is -1.24. The summed E-state index contributed by atoms with van der Waals surface area (Å²) in [5, 5.41) is 0. The van der Waals surface area contributed by atoms with Gasteiger partial charge in [0.25, 0.3) is 0 Å². The molecule has 0 spiro atoms. The summed E-state index contributed by atoms with van der Waals surface area (Å²) in [5.74, 6) is 6.71. The second-order valence-electron chi connectivity index (χ2n) is 6.63. The first-order chi connectivity index (χ1) is 9.21. The highest BCUT2D eigenvalue weighted by Crippen LogP contribution is 2.36. The summed E-state index contributed by atoms with van der Waals surface area (Å²) < 4.78 is 12.1. The molecule has 1 saturated heterocycles. The van der Waals surface area contributed by atoms with Crippen molar-refractivity contribution in [1.29, 1.82) is 0 Å². The van der Waals surface area contributed by atoms with Crippen molar-refractivity contribution in [1.82, 2.24) is 0 Å². The van der Waals surface area contributed by atoms with E-state index in [4.69, 9.17) is 9.31 Å². The number of rotatable bonds is 1. The molecular weight excluding hydrogens is 247 g/mol. The Balaban J connectivity index is 2.15. The van der Waals surface area contributed by atoms with Crippen molar-refractivity contribution in [3.05, 3.63) is 29.8 Å². The predicted octanol–water partition coefficient (Wildman–Crippen LogP) is 2.99. The van der Waals surface area contributed by atoms with Crippen LogP contribution in [0.15, 0.2) is 24.3 Å². The zero-order valence-electron chi connectivity index (χ0n) is 13.3. The average Bonchev–Trinajstić information content (AvgIpc) is 2.56. The minimum absolute atomic E-state index is 0.298. The van der Waals surface area contributed by atoms with Gasteiger partial charge in [-0.15, -0.1) is 0 Å². The molecule has 1 aliphatic rings. The quantitative estimate of drug-likeness (QED) is 0.577. The molecule has 0 bridgehead atoms. The Morgan fingerprint density at radius 1 is 0.950 bits per heavy atom. The molecule has 0 N–H and O–H groups in total. The van der Waals surface area contributed by atoms with E-state index >= 15 is 0 Å². The predicted molar refractivity (Wildman–Crippen MR) is 83.9 cm³/mol. The molecule has 0 radical (unpaired) electrons. The van der Waals surface area contributed by atoms with Crippen molar-refractivity contribution in [2.24, 2.45) is 5.92 Å². The van der Waals surface area contributed by atoms with Gasteiger partial charge in [-0.2, -0.15) is 0 Å². The van der Waals surface area contributed by atoms with E-state index in [9.17, 15) is 0 Å². The Morgan fingerprint density at radius 3 is 1.90 bits per heavy atom. The van der Waals surface area contributed by atoms with Crippen LogP contribution >= 0.6 is 0 Å². The zero-order valence-corrected chi connectivity index (χ0v) is 13.3. The maximum atomic E-state index is 6.03. The third kappa shape index (κ3) is 3.08. The van der Waals surface area contributed by atoms with Crippen LogP contribution < -0.4 is 5.46 Å². The lowest BCUT2D eigenvalue weighted by Gasteiger charge is -2.32. The third-order valence-electron chi connectivity index (χ3n) is 3.94. The Morgan fingerprint density at radius 2 is 1.45 bits per heavy atom. The topological polar surface area (TPSA) is 18.5 Å². The lowest BCUT2D eigenvalue weighted by atomic mass is 9.79. The van der Waals surface area contributed by atoms with Gasteiger partial charge in [-0.05, 0) is 45.3 Å². The van der Waals surface area contributed by atoms with E-state index in [2.05, 4.69) is 53.4 Å². The van der Waals surface area contributed by atoms with E-state index in [1.165, 1.54) is 0 Å². The fraction of sp³-hybridized carbons (Fsp3) is 0.529. The van der Waals surface area contributed by atoms with Crippen molar-refractivity contribution >= 4 is 12.6 Å². The van der Waals surface area contributed by atoms with Crippen molar-refractivity contribution in [3.63, 3.8) is 0 Å². The van der Waals surface area contributed by atoms with E-state index < -0.39 is 0 Å². The Kier molecular flexibility index (Phi) is 4.00. The van der Waals surface area contributed by atoms with Gasteiger partial charge in [0.15, 0.2) is 0 Å². The zero-order chi connectivity index (χ0) is 15.0. The molecule has 1 aliphatic heterocycles. The molecule has 1 fully saturated rings. The second-order valence-corrected chi connectivity index (χ2v) is 6.63. The third-order valence-corrected chi connectivity index (χ3v) is 3.94. The highest BCUT2D eigenvalue weighted by atomic mass is 16.7. The molecule has 2 nitrogen and oxygen atoms in total. The molecule has 0 aromatic heterocycles. The lowest BCUT2D eigenvalue weighted by Crippen LogP contribution is -2.41. The fourth-order valence-electron chi connectivity index (χ4n) is 1.93. The van der Waals surface area contributed by atoms with E-state index in [1.54, 1.807) is 0 Å². The molecule has 0 amide bonds. The van der Waals surface area contributed by atoms with Gasteiger partial charge in [-0.1, -0.05) is 37.8 Å². The van der Waals surface area contributed by atoms with Crippen LogP contribution in [-0.2, 0) is 9.31 Å². The van der Waals surface area contributed by atoms with E-state index in [0.29, 0.717) is 5.92 Å². The summed E-state index contributed by atoms with van der Waals surface area (Å²) in [6.07, 6.45) is 0. The molecule has 0 atom stereocenters. The molecule has 1 heterocycles. The van der Waals surface area contributed by atoms with Crippen LogP contribution in [0.25, 0.3) is 0 Å². The SMILES string of the molecule is CC(C)C#Cc1ccc(B2OC(C)(C)C(C)(C)O2)cc1. The van der Waals surface area contributed by atoms with Crippen LogP contribution in [0.1, 0.15) is 47.1 Å². The monoisotopic (exact) mass is 270 g/mol. The standard InChI is InChI=1S/C17H23BO2/c1-13(2)7-8-14-9-11-15(12-10-14)18-19-16(3,4)17(5,6)20-18/h9-13H,1-6H3. The van der Waals surface area contributed by atoms with Gasteiger partial charge in [0.05, 0.1) is 11.2 Å². The van der Waals surface area contributed by atoms with Gasteiger partial charge in [-0.25, -0.2) is 0 Å². The second kappa shape index (κ2) is 5.28. The summed E-state index contributed by atoms with van der Waals surface area (Å²) in [6.45, 7) is 12.4. The van der Waals surface area contributed by atoms with Crippen LogP contribution in [-0.4, -0.2) is 18.3 Å². The van der Waals surface area contributed by atoms with Crippen LogP contribution in [0.4, 0.5) is 0 Å². The van der Waals surface area contributed by atoms with Crippen LogP contribution in [0.2, 0.25) is 0 Å². The average molecular weight is 270 g/mol. The molecule has 1 aromatic carbocycles. The van der Waals surface area contributed by atoms with Crippen molar-refractivity contribution in [3.8, 4) is 11.8 Å². The first-order valence-electron chi connectivity index (χ1n) is 7.18. The van der Waals surface area contributed by atoms with Gasteiger partial charge < -0.3 is 9.31 Å².